The van der Waals surface area contributed by atoms with Crippen molar-refractivity contribution in [1.82, 2.24) is 0 Å². The minimum Gasteiger partial charge on any atom is -0.454 e. The Morgan fingerprint density at radius 1 is 1.18 bits per heavy atom. The lowest BCUT2D eigenvalue weighted by molar-refractivity contribution is -0.159. The van der Waals surface area contributed by atoms with Gasteiger partial charge < -0.3 is 4.74 Å². The summed E-state index contributed by atoms with van der Waals surface area (Å²) in [5.41, 5.74) is -1.18. The third-order valence-corrected chi connectivity index (χ3v) is 3.44. The first kappa shape index (κ1) is 15.7. The highest BCUT2D eigenvalue weighted by atomic mass is 19.1. The van der Waals surface area contributed by atoms with Crippen molar-refractivity contribution in [3.8, 4) is 6.07 Å². The zero-order valence-electron chi connectivity index (χ0n) is 12.4. The molecule has 0 amide bonds. The van der Waals surface area contributed by atoms with Gasteiger partial charge in [-0.05, 0) is 19.4 Å². The molecule has 2 aromatic carbocycles. The number of hydrogen-bond acceptors (Lipinski definition) is 3. The van der Waals surface area contributed by atoms with Crippen LogP contribution in [0.15, 0.2) is 54.6 Å². The van der Waals surface area contributed by atoms with Gasteiger partial charge in [-0.1, -0.05) is 60.2 Å². The number of hydrogen-bond donors (Lipinski definition) is 0. The number of ether oxygens (including phenoxy) is 1. The normalized spacial score (nSPS) is 14.5. The second-order valence-electron chi connectivity index (χ2n) is 5.09. The quantitative estimate of drug-likeness (QED) is 0.802. The van der Waals surface area contributed by atoms with Crippen molar-refractivity contribution in [2.75, 3.05) is 0 Å². The summed E-state index contributed by atoms with van der Waals surface area (Å²) in [6, 6.07) is 16.5. The molecule has 0 saturated carbocycles. The number of carbonyl (C=O) groups excluding carboxylic acids is 1. The van der Waals surface area contributed by atoms with Gasteiger partial charge in [0.1, 0.15) is 12.2 Å². The van der Waals surface area contributed by atoms with Crippen molar-refractivity contribution < 1.29 is 13.9 Å². The van der Waals surface area contributed by atoms with Crippen LogP contribution in [0.4, 0.5) is 4.39 Å². The summed E-state index contributed by atoms with van der Waals surface area (Å²) >= 11 is 0. The molecule has 0 heterocycles. The number of benzene rings is 2. The molecule has 2 rings (SSSR count). The van der Waals surface area contributed by atoms with E-state index in [0.29, 0.717) is 0 Å². The highest BCUT2D eigenvalue weighted by molar-refractivity contribution is 5.84. The summed E-state index contributed by atoms with van der Waals surface area (Å²) in [6.07, 6.45) is -0.636. The molecule has 0 aliphatic rings. The molecule has 4 heteroatoms. The van der Waals surface area contributed by atoms with E-state index in [4.69, 9.17) is 10.00 Å². The van der Waals surface area contributed by atoms with Crippen LogP contribution in [0.1, 0.15) is 29.7 Å². The van der Waals surface area contributed by atoms with Crippen molar-refractivity contribution in [2.45, 2.75) is 25.6 Å². The Bertz CT molecular complexity index is 691. The summed E-state index contributed by atoms with van der Waals surface area (Å²) < 4.78 is 20.0. The lowest BCUT2D eigenvalue weighted by atomic mass is 9.96. The third kappa shape index (κ3) is 3.15. The molecule has 0 aliphatic heterocycles. The molecule has 2 aromatic rings. The molecule has 22 heavy (non-hydrogen) atoms. The summed E-state index contributed by atoms with van der Waals surface area (Å²) in [5.74, 6) is -1.20. The van der Waals surface area contributed by atoms with Gasteiger partial charge in [0.2, 0.25) is 0 Å². The largest absolute Gasteiger partial charge is 0.454 e. The number of carbonyl (C=O) groups is 1. The molecule has 112 valence electrons. The monoisotopic (exact) mass is 297 g/mol. The minimum absolute atomic E-state index is 0.0224. The van der Waals surface area contributed by atoms with Crippen LogP contribution in [0.5, 0.6) is 0 Å². The molecule has 0 N–H and O–H groups in total. The zero-order chi connectivity index (χ0) is 16.2. The van der Waals surface area contributed by atoms with E-state index in [1.807, 2.05) is 13.0 Å². The number of alkyl halides is 1. The van der Waals surface area contributed by atoms with Gasteiger partial charge in [-0.25, -0.2) is 9.18 Å². The van der Waals surface area contributed by atoms with Gasteiger partial charge >= 0.3 is 11.6 Å². The van der Waals surface area contributed by atoms with Crippen molar-refractivity contribution in [3.63, 3.8) is 0 Å². The number of esters is 1. The maximum absolute atomic E-state index is 14.8. The maximum atomic E-state index is 14.8. The van der Waals surface area contributed by atoms with E-state index in [1.165, 1.54) is 18.2 Å². The number of aryl methyl sites for hydroxylation is 1. The smallest absolute Gasteiger partial charge is 0.364 e. The fourth-order valence-electron chi connectivity index (χ4n) is 2.05. The fraction of sp³-hybridized carbons (Fsp3) is 0.222. The van der Waals surface area contributed by atoms with Gasteiger partial charge in [-0.15, -0.1) is 0 Å². The Morgan fingerprint density at radius 3 is 2.32 bits per heavy atom. The van der Waals surface area contributed by atoms with Gasteiger partial charge in [-0.3, -0.25) is 0 Å². The van der Waals surface area contributed by atoms with Crippen molar-refractivity contribution in [1.29, 1.82) is 5.26 Å². The molecule has 0 radical (unpaired) electrons. The number of rotatable bonds is 4. The molecule has 2 atom stereocenters. The lowest BCUT2D eigenvalue weighted by Gasteiger charge is -2.20. The van der Waals surface area contributed by atoms with Gasteiger partial charge in [-0.2, -0.15) is 5.26 Å². The molecular weight excluding hydrogens is 281 g/mol. The Labute approximate surface area is 129 Å². The van der Waals surface area contributed by atoms with E-state index >= 15 is 0 Å². The second kappa shape index (κ2) is 6.40. The van der Waals surface area contributed by atoms with E-state index in [0.717, 1.165) is 11.1 Å². The predicted molar refractivity (Wildman–Crippen MR) is 80.5 cm³/mol. The molecule has 0 aliphatic carbocycles. The second-order valence-corrected chi connectivity index (χ2v) is 5.09. The third-order valence-electron chi connectivity index (χ3n) is 3.44. The molecule has 0 aromatic heterocycles. The van der Waals surface area contributed by atoms with Crippen LogP contribution in [0.3, 0.4) is 0 Å². The highest BCUT2D eigenvalue weighted by Crippen LogP contribution is 2.30. The summed E-state index contributed by atoms with van der Waals surface area (Å²) in [5, 5.41) is 9.14. The molecule has 0 saturated heterocycles. The Morgan fingerprint density at radius 2 is 1.77 bits per heavy atom. The Hall–Kier alpha value is -2.67. The average molecular weight is 297 g/mol. The Balaban J connectivity index is 2.22. The molecule has 0 fully saturated rings. The summed E-state index contributed by atoms with van der Waals surface area (Å²) in [4.78, 5) is 12.1. The average Bonchev–Trinajstić information content (AvgIpc) is 2.55. The van der Waals surface area contributed by atoms with Crippen LogP contribution < -0.4 is 0 Å². The zero-order valence-corrected chi connectivity index (χ0v) is 12.4. The standard InChI is InChI=1S/C18H16FNO2/c1-13-8-10-16(11-9-13)18(19,12-20)17(21)22-14(2)15-6-4-3-5-7-15/h3-11,14H,1-2H3/t14-,18+/m0/s1. The Kier molecular flexibility index (Phi) is 4.57. The van der Waals surface area contributed by atoms with Crippen LogP contribution in [0.25, 0.3) is 0 Å². The number of nitriles is 1. The van der Waals surface area contributed by atoms with Crippen LogP contribution in [0.2, 0.25) is 0 Å². The first-order valence-electron chi connectivity index (χ1n) is 6.90. The van der Waals surface area contributed by atoms with Crippen LogP contribution in [-0.2, 0) is 15.2 Å². The van der Waals surface area contributed by atoms with Crippen LogP contribution in [0, 0.1) is 18.3 Å². The van der Waals surface area contributed by atoms with Gasteiger partial charge in [0.15, 0.2) is 0 Å². The topological polar surface area (TPSA) is 50.1 Å². The van der Waals surface area contributed by atoms with E-state index in [-0.39, 0.29) is 5.56 Å². The highest BCUT2D eigenvalue weighted by Gasteiger charge is 2.43. The van der Waals surface area contributed by atoms with E-state index in [1.54, 1.807) is 43.3 Å². The molecular formula is C18H16FNO2. The number of nitrogens with zero attached hydrogens (tertiary/aromatic N) is 1. The van der Waals surface area contributed by atoms with Gasteiger partial charge in [0.25, 0.3) is 0 Å². The lowest BCUT2D eigenvalue weighted by Crippen LogP contribution is -2.32. The van der Waals surface area contributed by atoms with Gasteiger partial charge in [0, 0.05) is 5.56 Å². The van der Waals surface area contributed by atoms with Gasteiger partial charge in [0.05, 0.1) is 0 Å². The van der Waals surface area contributed by atoms with E-state index < -0.39 is 17.7 Å². The minimum atomic E-state index is -2.81. The summed E-state index contributed by atoms with van der Waals surface area (Å²) in [7, 11) is 0. The predicted octanol–water partition coefficient (Wildman–Crippen LogP) is 3.99. The SMILES string of the molecule is Cc1ccc([C@](F)(C#N)C(=O)O[C@@H](C)c2ccccc2)cc1. The maximum Gasteiger partial charge on any atom is 0.364 e. The van der Waals surface area contributed by atoms with Crippen molar-refractivity contribution >= 4 is 5.97 Å². The van der Waals surface area contributed by atoms with Crippen molar-refractivity contribution in [2.24, 2.45) is 0 Å². The number of halogens is 1. The first-order chi connectivity index (χ1) is 10.5. The van der Waals surface area contributed by atoms with E-state index in [9.17, 15) is 9.18 Å². The molecule has 0 spiro atoms. The fourth-order valence-corrected chi connectivity index (χ4v) is 2.05. The first-order valence-corrected chi connectivity index (χ1v) is 6.90. The van der Waals surface area contributed by atoms with E-state index in [2.05, 4.69) is 0 Å². The molecule has 3 nitrogen and oxygen atoms in total. The molecule has 0 unspecified atom stereocenters. The van der Waals surface area contributed by atoms with Crippen LogP contribution in [-0.4, -0.2) is 5.97 Å². The van der Waals surface area contributed by atoms with Crippen molar-refractivity contribution in [3.05, 3.63) is 71.3 Å². The molecule has 0 bridgehead atoms. The van der Waals surface area contributed by atoms with Crippen LogP contribution >= 0.6 is 0 Å². The summed E-state index contributed by atoms with van der Waals surface area (Å²) in [6.45, 7) is 3.48.